The predicted molar refractivity (Wildman–Crippen MR) is 69.4 cm³/mol. The van der Waals surface area contributed by atoms with Gasteiger partial charge in [-0.15, -0.1) is 0 Å². The summed E-state index contributed by atoms with van der Waals surface area (Å²) in [4.78, 5) is 19.8. The Morgan fingerprint density at radius 2 is 2.26 bits per heavy atom. The van der Waals surface area contributed by atoms with Gasteiger partial charge in [-0.25, -0.2) is 19.4 Å². The number of nitrogens with zero attached hydrogens (tertiary/aromatic N) is 4. The van der Waals surface area contributed by atoms with Crippen molar-refractivity contribution in [1.82, 2.24) is 19.7 Å². The molecule has 0 unspecified atom stereocenters. The van der Waals surface area contributed by atoms with Crippen molar-refractivity contribution in [2.24, 2.45) is 0 Å². The fourth-order valence-electron chi connectivity index (χ4n) is 1.68. The Hall–Kier alpha value is -2.44. The minimum Gasteiger partial charge on any atom is -0.462 e. The number of aromatic nitrogens is 4. The largest absolute Gasteiger partial charge is 0.462 e. The number of hydrogen-bond donors (Lipinski definition) is 1. The number of carbonyl (C=O) groups excluding carboxylic acids is 1. The molecule has 0 saturated heterocycles. The molecule has 0 atom stereocenters. The second kappa shape index (κ2) is 5.47. The van der Waals surface area contributed by atoms with Crippen molar-refractivity contribution in [3.63, 3.8) is 0 Å². The van der Waals surface area contributed by atoms with Crippen LogP contribution >= 0.6 is 0 Å². The van der Waals surface area contributed by atoms with E-state index in [1.807, 2.05) is 6.92 Å². The number of nitrogens with one attached hydrogen (secondary N) is 1. The van der Waals surface area contributed by atoms with Gasteiger partial charge in [0.25, 0.3) is 0 Å². The van der Waals surface area contributed by atoms with E-state index in [9.17, 15) is 4.79 Å². The molecule has 0 aliphatic rings. The molecule has 0 aromatic carbocycles. The maximum atomic E-state index is 11.6. The van der Waals surface area contributed by atoms with Crippen LogP contribution in [0.3, 0.4) is 0 Å². The quantitative estimate of drug-likeness (QED) is 0.832. The number of rotatable bonds is 4. The summed E-state index contributed by atoms with van der Waals surface area (Å²) in [6, 6.07) is 0. The summed E-state index contributed by atoms with van der Waals surface area (Å²) in [5.41, 5.74) is 1.24. The Kier molecular flexibility index (Phi) is 3.74. The van der Waals surface area contributed by atoms with E-state index < -0.39 is 5.97 Å². The lowest BCUT2D eigenvalue weighted by Gasteiger charge is -2.08. The van der Waals surface area contributed by atoms with Gasteiger partial charge in [0, 0.05) is 18.8 Å². The number of hydrogen-bond acceptors (Lipinski definition) is 6. The monoisotopic (exact) mass is 261 g/mol. The summed E-state index contributed by atoms with van der Waals surface area (Å²) in [5, 5.41) is 7.10. The van der Waals surface area contributed by atoms with E-state index in [2.05, 4.69) is 20.4 Å². The third-order valence-corrected chi connectivity index (χ3v) is 2.61. The summed E-state index contributed by atoms with van der Waals surface area (Å²) < 4.78 is 6.45. The van der Waals surface area contributed by atoms with Gasteiger partial charge in [-0.3, -0.25) is 0 Å². The van der Waals surface area contributed by atoms with E-state index in [0.29, 0.717) is 18.0 Å². The van der Waals surface area contributed by atoms with Crippen molar-refractivity contribution in [2.45, 2.75) is 13.8 Å². The predicted octanol–water partition coefficient (Wildman–Crippen LogP) is 1.19. The lowest BCUT2D eigenvalue weighted by atomic mass is 10.3. The minimum absolute atomic E-state index is 0.334. The lowest BCUT2D eigenvalue weighted by Crippen LogP contribution is -2.06. The van der Waals surface area contributed by atoms with Crippen LogP contribution < -0.4 is 5.32 Å². The molecule has 0 saturated carbocycles. The molecule has 19 heavy (non-hydrogen) atoms. The maximum Gasteiger partial charge on any atom is 0.341 e. The molecule has 0 radical (unpaired) electrons. The Bertz CT molecular complexity index is 594. The second-order valence-electron chi connectivity index (χ2n) is 3.81. The molecule has 0 aliphatic carbocycles. The van der Waals surface area contributed by atoms with Crippen molar-refractivity contribution in [3.8, 4) is 5.82 Å². The zero-order valence-electron chi connectivity index (χ0n) is 11.0. The van der Waals surface area contributed by atoms with Gasteiger partial charge in [-0.1, -0.05) is 0 Å². The standard InChI is InChI=1S/C12H15N5O2/c1-4-19-12(18)9-5-16-17(6-9)11-8(2)10(13-3)14-7-15-11/h5-7H,4H2,1-3H3,(H,13,14,15). The second-order valence-corrected chi connectivity index (χ2v) is 3.81. The van der Waals surface area contributed by atoms with E-state index >= 15 is 0 Å². The SMILES string of the molecule is CCOC(=O)c1cnn(-c2ncnc(NC)c2C)c1. The van der Waals surface area contributed by atoms with E-state index in [4.69, 9.17) is 4.74 Å². The van der Waals surface area contributed by atoms with Gasteiger partial charge in [0.05, 0.1) is 18.4 Å². The Morgan fingerprint density at radius 3 is 2.95 bits per heavy atom. The number of esters is 1. The Morgan fingerprint density at radius 1 is 1.47 bits per heavy atom. The lowest BCUT2D eigenvalue weighted by molar-refractivity contribution is 0.0526. The number of anilines is 1. The molecule has 0 fully saturated rings. The third-order valence-electron chi connectivity index (χ3n) is 2.61. The Balaban J connectivity index is 2.35. The first-order valence-corrected chi connectivity index (χ1v) is 5.88. The van der Waals surface area contributed by atoms with Crippen LogP contribution in [0.25, 0.3) is 5.82 Å². The number of carbonyl (C=O) groups is 1. The van der Waals surface area contributed by atoms with Crippen LogP contribution in [-0.2, 0) is 4.74 Å². The van der Waals surface area contributed by atoms with E-state index in [0.717, 1.165) is 11.4 Å². The zero-order chi connectivity index (χ0) is 13.8. The van der Waals surface area contributed by atoms with E-state index in [1.165, 1.54) is 17.2 Å². The average molecular weight is 261 g/mol. The van der Waals surface area contributed by atoms with Gasteiger partial charge in [-0.2, -0.15) is 5.10 Å². The summed E-state index contributed by atoms with van der Waals surface area (Å²) >= 11 is 0. The van der Waals surface area contributed by atoms with Gasteiger partial charge in [0.15, 0.2) is 5.82 Å². The molecular formula is C12H15N5O2. The highest BCUT2D eigenvalue weighted by Gasteiger charge is 2.13. The average Bonchev–Trinajstić information content (AvgIpc) is 2.89. The van der Waals surface area contributed by atoms with Crippen LogP contribution in [0.15, 0.2) is 18.7 Å². The molecule has 2 aromatic heterocycles. The Labute approximate surface area is 110 Å². The number of ether oxygens (including phenoxy) is 1. The van der Waals surface area contributed by atoms with Crippen molar-refractivity contribution in [3.05, 3.63) is 29.8 Å². The van der Waals surface area contributed by atoms with Crippen molar-refractivity contribution >= 4 is 11.8 Å². The van der Waals surface area contributed by atoms with Crippen LogP contribution in [0.4, 0.5) is 5.82 Å². The summed E-state index contributed by atoms with van der Waals surface area (Å²) in [6.07, 6.45) is 4.49. The van der Waals surface area contributed by atoms with E-state index in [-0.39, 0.29) is 0 Å². The highest BCUT2D eigenvalue weighted by atomic mass is 16.5. The van der Waals surface area contributed by atoms with Crippen LogP contribution in [0.5, 0.6) is 0 Å². The van der Waals surface area contributed by atoms with Crippen LogP contribution in [0.2, 0.25) is 0 Å². The zero-order valence-corrected chi connectivity index (χ0v) is 11.0. The summed E-state index contributed by atoms with van der Waals surface area (Å²) in [6.45, 7) is 3.98. The van der Waals surface area contributed by atoms with Crippen molar-refractivity contribution < 1.29 is 9.53 Å². The molecule has 0 spiro atoms. The van der Waals surface area contributed by atoms with Crippen LogP contribution in [0.1, 0.15) is 22.8 Å². The molecule has 7 nitrogen and oxygen atoms in total. The normalized spacial score (nSPS) is 10.3. The fraction of sp³-hybridized carbons (Fsp3) is 0.333. The van der Waals surface area contributed by atoms with Crippen molar-refractivity contribution in [1.29, 1.82) is 0 Å². The minimum atomic E-state index is -0.394. The summed E-state index contributed by atoms with van der Waals surface area (Å²) in [7, 11) is 1.78. The van der Waals surface area contributed by atoms with Crippen molar-refractivity contribution in [2.75, 3.05) is 19.0 Å². The van der Waals surface area contributed by atoms with Gasteiger partial charge >= 0.3 is 5.97 Å². The van der Waals surface area contributed by atoms with Crippen LogP contribution in [0, 0.1) is 6.92 Å². The topological polar surface area (TPSA) is 81.9 Å². The highest BCUT2D eigenvalue weighted by Crippen LogP contribution is 2.16. The molecule has 0 amide bonds. The van der Waals surface area contributed by atoms with Crippen LogP contribution in [-0.4, -0.2) is 39.4 Å². The smallest absolute Gasteiger partial charge is 0.341 e. The fourth-order valence-corrected chi connectivity index (χ4v) is 1.68. The molecule has 0 aliphatic heterocycles. The molecule has 2 aromatic rings. The molecule has 2 rings (SSSR count). The first kappa shape index (κ1) is 13.0. The molecule has 100 valence electrons. The molecule has 1 N–H and O–H groups in total. The first-order valence-electron chi connectivity index (χ1n) is 5.88. The first-order chi connectivity index (χ1) is 9.17. The van der Waals surface area contributed by atoms with Gasteiger partial charge < -0.3 is 10.1 Å². The van der Waals surface area contributed by atoms with E-state index in [1.54, 1.807) is 20.2 Å². The summed E-state index contributed by atoms with van der Waals surface area (Å²) in [5.74, 6) is 0.947. The third kappa shape index (κ3) is 2.54. The molecule has 2 heterocycles. The van der Waals surface area contributed by atoms with Gasteiger partial charge in [0.1, 0.15) is 12.1 Å². The van der Waals surface area contributed by atoms with Gasteiger partial charge in [0.2, 0.25) is 0 Å². The highest BCUT2D eigenvalue weighted by molar-refractivity contribution is 5.88. The molecule has 7 heteroatoms. The molecular weight excluding hydrogens is 246 g/mol. The van der Waals surface area contributed by atoms with Gasteiger partial charge in [-0.05, 0) is 13.8 Å². The molecule has 0 bridgehead atoms. The maximum absolute atomic E-state index is 11.6.